The maximum absolute atomic E-state index is 13.0. The Kier molecular flexibility index (Phi) is 4.60. The molecular formula is C19H21N3O2. The van der Waals surface area contributed by atoms with Crippen LogP contribution in [0.5, 0.6) is 0 Å². The highest BCUT2D eigenvalue weighted by Crippen LogP contribution is 2.33. The van der Waals surface area contributed by atoms with Gasteiger partial charge in [0.05, 0.1) is 0 Å². The van der Waals surface area contributed by atoms with Gasteiger partial charge in [-0.05, 0) is 43.5 Å². The molecule has 0 spiro atoms. The van der Waals surface area contributed by atoms with Crippen LogP contribution in [0.1, 0.15) is 46.7 Å². The van der Waals surface area contributed by atoms with Gasteiger partial charge in [-0.25, -0.2) is 0 Å². The van der Waals surface area contributed by atoms with Crippen molar-refractivity contribution in [2.24, 2.45) is 0 Å². The van der Waals surface area contributed by atoms with Gasteiger partial charge in [0.2, 0.25) is 0 Å². The van der Waals surface area contributed by atoms with Gasteiger partial charge in [0.1, 0.15) is 5.69 Å². The van der Waals surface area contributed by atoms with E-state index in [4.69, 9.17) is 0 Å². The molecule has 1 aliphatic heterocycles. The molecule has 1 aromatic carbocycles. The summed E-state index contributed by atoms with van der Waals surface area (Å²) in [7, 11) is 0. The number of anilines is 1. The molecule has 5 heteroatoms. The van der Waals surface area contributed by atoms with Crippen molar-refractivity contribution in [3.8, 4) is 0 Å². The zero-order valence-corrected chi connectivity index (χ0v) is 14.0. The molecule has 3 rings (SSSR count). The highest BCUT2D eigenvalue weighted by Gasteiger charge is 2.31. The fraction of sp³-hybridized carbons (Fsp3) is 0.316. The fourth-order valence-electron chi connectivity index (χ4n) is 3.03. The number of pyridine rings is 1. The third kappa shape index (κ3) is 3.02. The molecule has 0 aliphatic carbocycles. The van der Waals surface area contributed by atoms with Crippen LogP contribution in [0.25, 0.3) is 0 Å². The fourth-order valence-corrected chi connectivity index (χ4v) is 3.03. The Morgan fingerprint density at radius 3 is 2.88 bits per heavy atom. The van der Waals surface area contributed by atoms with Crippen molar-refractivity contribution in [2.75, 3.05) is 11.4 Å². The molecule has 1 atom stereocenters. The van der Waals surface area contributed by atoms with Crippen LogP contribution in [0.4, 0.5) is 5.69 Å². The molecule has 0 radical (unpaired) electrons. The summed E-state index contributed by atoms with van der Waals surface area (Å²) in [6, 6.07) is 11.3. The van der Waals surface area contributed by atoms with E-state index in [9.17, 15) is 9.59 Å². The Morgan fingerprint density at radius 1 is 1.29 bits per heavy atom. The normalized spacial score (nSPS) is 15.9. The molecule has 1 aromatic heterocycles. The van der Waals surface area contributed by atoms with Gasteiger partial charge in [0.15, 0.2) is 0 Å². The minimum atomic E-state index is -0.249. The van der Waals surface area contributed by atoms with E-state index in [0.29, 0.717) is 12.1 Å². The summed E-state index contributed by atoms with van der Waals surface area (Å²) in [6.45, 7) is 4.61. The monoisotopic (exact) mass is 323 g/mol. The number of carbonyl (C=O) groups excluding carboxylic acids is 2. The first-order chi connectivity index (χ1) is 11.6. The van der Waals surface area contributed by atoms with E-state index in [1.54, 1.807) is 17.0 Å². The standard InChI is InChI=1S/C19H21N3O2/c1-3-9-21-18(23)16-12-15(8-10-20-16)19(24)22-13(2)11-14-6-4-5-7-17(14)22/h4-8,10,12-13H,3,9,11H2,1-2H3,(H,21,23). The maximum atomic E-state index is 13.0. The Bertz CT molecular complexity index is 773. The van der Waals surface area contributed by atoms with Crippen LogP contribution in [-0.4, -0.2) is 29.4 Å². The molecule has 2 aromatic rings. The molecule has 124 valence electrons. The summed E-state index contributed by atoms with van der Waals surface area (Å²) >= 11 is 0. The van der Waals surface area contributed by atoms with E-state index in [1.165, 1.54) is 11.8 Å². The zero-order chi connectivity index (χ0) is 17.1. The van der Waals surface area contributed by atoms with Crippen molar-refractivity contribution in [1.82, 2.24) is 10.3 Å². The minimum Gasteiger partial charge on any atom is -0.351 e. The number of aromatic nitrogens is 1. The van der Waals surface area contributed by atoms with Gasteiger partial charge in [-0.2, -0.15) is 0 Å². The van der Waals surface area contributed by atoms with E-state index in [-0.39, 0.29) is 23.6 Å². The van der Waals surface area contributed by atoms with Gasteiger partial charge >= 0.3 is 0 Å². The van der Waals surface area contributed by atoms with Crippen molar-refractivity contribution in [3.05, 3.63) is 59.4 Å². The molecule has 2 heterocycles. The quantitative estimate of drug-likeness (QED) is 0.941. The van der Waals surface area contributed by atoms with Gasteiger partial charge in [0, 0.05) is 30.0 Å². The highest BCUT2D eigenvalue weighted by atomic mass is 16.2. The van der Waals surface area contributed by atoms with Gasteiger partial charge in [-0.15, -0.1) is 0 Å². The largest absolute Gasteiger partial charge is 0.351 e. The van der Waals surface area contributed by atoms with E-state index in [1.807, 2.05) is 32.0 Å². The Balaban J connectivity index is 1.87. The van der Waals surface area contributed by atoms with Crippen LogP contribution in [0.3, 0.4) is 0 Å². The number of hydrogen-bond acceptors (Lipinski definition) is 3. The molecule has 5 nitrogen and oxygen atoms in total. The molecule has 0 fully saturated rings. The smallest absolute Gasteiger partial charge is 0.269 e. The predicted octanol–water partition coefficient (Wildman–Crippen LogP) is 2.81. The summed E-state index contributed by atoms with van der Waals surface area (Å²) in [6.07, 6.45) is 3.21. The SMILES string of the molecule is CCCNC(=O)c1cc(C(=O)N2c3ccccc3CC2C)ccn1. The van der Waals surface area contributed by atoms with Gasteiger partial charge in [0.25, 0.3) is 11.8 Å². The van der Waals surface area contributed by atoms with Crippen LogP contribution in [0.2, 0.25) is 0 Å². The lowest BCUT2D eigenvalue weighted by Crippen LogP contribution is -2.36. The summed E-state index contributed by atoms with van der Waals surface area (Å²) < 4.78 is 0. The second kappa shape index (κ2) is 6.83. The molecule has 1 N–H and O–H groups in total. The lowest BCUT2D eigenvalue weighted by atomic mass is 10.1. The molecule has 24 heavy (non-hydrogen) atoms. The predicted molar refractivity (Wildman–Crippen MR) is 93.3 cm³/mol. The lowest BCUT2D eigenvalue weighted by Gasteiger charge is -2.23. The third-order valence-corrected chi connectivity index (χ3v) is 4.20. The second-order valence-electron chi connectivity index (χ2n) is 6.04. The van der Waals surface area contributed by atoms with Crippen molar-refractivity contribution >= 4 is 17.5 Å². The number of rotatable bonds is 4. The van der Waals surface area contributed by atoms with Crippen LogP contribution in [0, 0.1) is 0 Å². The van der Waals surface area contributed by atoms with Crippen LogP contribution >= 0.6 is 0 Å². The molecule has 0 saturated heterocycles. The van der Waals surface area contributed by atoms with Crippen molar-refractivity contribution in [2.45, 2.75) is 32.7 Å². The summed E-state index contributed by atoms with van der Waals surface area (Å²) in [5.74, 6) is -0.347. The van der Waals surface area contributed by atoms with Crippen LogP contribution in [0.15, 0.2) is 42.6 Å². The number of benzene rings is 1. The molecule has 0 bridgehead atoms. The summed E-state index contributed by atoms with van der Waals surface area (Å²) in [5.41, 5.74) is 2.88. The number of amides is 2. The number of para-hydroxylation sites is 1. The summed E-state index contributed by atoms with van der Waals surface area (Å²) in [5, 5.41) is 2.78. The number of nitrogens with one attached hydrogen (secondary N) is 1. The first kappa shape index (κ1) is 16.2. The van der Waals surface area contributed by atoms with E-state index in [0.717, 1.165) is 18.5 Å². The van der Waals surface area contributed by atoms with Crippen molar-refractivity contribution < 1.29 is 9.59 Å². The Labute approximate surface area is 141 Å². The number of nitrogens with zero attached hydrogens (tertiary/aromatic N) is 2. The number of carbonyl (C=O) groups is 2. The van der Waals surface area contributed by atoms with Gasteiger partial charge in [-0.1, -0.05) is 25.1 Å². The first-order valence-corrected chi connectivity index (χ1v) is 8.27. The minimum absolute atomic E-state index is 0.0976. The average Bonchev–Trinajstić information content (AvgIpc) is 2.94. The topological polar surface area (TPSA) is 62.3 Å². The van der Waals surface area contributed by atoms with E-state index >= 15 is 0 Å². The Morgan fingerprint density at radius 2 is 2.08 bits per heavy atom. The number of fused-ring (bicyclic) bond motifs is 1. The molecule has 1 aliphatic rings. The van der Waals surface area contributed by atoms with E-state index < -0.39 is 0 Å². The van der Waals surface area contributed by atoms with E-state index in [2.05, 4.69) is 16.4 Å². The second-order valence-corrected chi connectivity index (χ2v) is 6.04. The highest BCUT2D eigenvalue weighted by molar-refractivity contribution is 6.08. The first-order valence-electron chi connectivity index (χ1n) is 8.27. The average molecular weight is 323 g/mol. The van der Waals surface area contributed by atoms with Gasteiger partial charge < -0.3 is 10.2 Å². The Hall–Kier alpha value is -2.69. The zero-order valence-electron chi connectivity index (χ0n) is 14.0. The molecule has 0 saturated carbocycles. The summed E-state index contributed by atoms with van der Waals surface area (Å²) in [4.78, 5) is 30.9. The molecule has 2 amide bonds. The van der Waals surface area contributed by atoms with Crippen molar-refractivity contribution in [1.29, 1.82) is 0 Å². The van der Waals surface area contributed by atoms with Gasteiger partial charge in [-0.3, -0.25) is 14.6 Å². The van der Waals surface area contributed by atoms with Crippen molar-refractivity contribution in [3.63, 3.8) is 0 Å². The van der Waals surface area contributed by atoms with Crippen LogP contribution in [-0.2, 0) is 6.42 Å². The maximum Gasteiger partial charge on any atom is 0.269 e. The molecular weight excluding hydrogens is 302 g/mol. The van der Waals surface area contributed by atoms with Crippen LogP contribution < -0.4 is 10.2 Å². The molecule has 1 unspecified atom stereocenters. The third-order valence-electron chi connectivity index (χ3n) is 4.20. The number of hydrogen-bond donors (Lipinski definition) is 1. The lowest BCUT2D eigenvalue weighted by molar-refractivity contribution is 0.0948.